The number of amides is 8. The zero-order valence-corrected chi connectivity index (χ0v) is 49.5. The molecule has 30 nitrogen and oxygen atoms in total. The molecule has 1 aromatic rings. The van der Waals surface area contributed by atoms with Gasteiger partial charge in [-0.3, -0.25) is 38.4 Å². The first-order chi connectivity index (χ1) is 40.7. The number of anilines is 1. The van der Waals surface area contributed by atoms with Crippen molar-refractivity contribution in [2.45, 2.75) is 223 Å². The highest BCUT2D eigenvalue weighted by Gasteiger charge is 2.49. The third-order valence-electron chi connectivity index (χ3n) is 15.8. The van der Waals surface area contributed by atoms with E-state index in [1.807, 2.05) is 5.32 Å². The van der Waals surface area contributed by atoms with Gasteiger partial charge in [0.05, 0.1) is 25.2 Å². The van der Waals surface area contributed by atoms with Crippen LogP contribution in [0.25, 0.3) is 0 Å². The molecule has 5 heterocycles. The molecule has 4 fully saturated rings. The number of aliphatic hydroxyl groups excluding tert-OH is 5. The Labute approximate surface area is 498 Å². The average Bonchev–Trinajstić information content (AvgIpc) is 2.69. The zero-order chi connectivity index (χ0) is 63.5. The van der Waals surface area contributed by atoms with Crippen molar-refractivity contribution in [3.05, 3.63) is 17.5 Å². The van der Waals surface area contributed by atoms with Crippen LogP contribution in [0, 0.1) is 19.8 Å². The maximum atomic E-state index is 14.6. The maximum Gasteiger partial charge on any atom is 0.335 e. The van der Waals surface area contributed by atoms with Crippen molar-refractivity contribution >= 4 is 71.1 Å². The summed E-state index contributed by atoms with van der Waals surface area (Å²) >= 11 is 0. The molecule has 0 aliphatic carbocycles. The number of aliphatic carboxylic acids is 2. The highest BCUT2D eigenvalue weighted by atomic mass is 16.5. The van der Waals surface area contributed by atoms with Crippen LogP contribution in [0.1, 0.15) is 141 Å². The minimum absolute atomic E-state index is 0.0173. The normalized spacial score (nSPS) is 27.3. The second-order valence-electron chi connectivity index (χ2n) is 23.1. The van der Waals surface area contributed by atoms with Gasteiger partial charge in [-0.1, -0.05) is 58.8 Å². The van der Waals surface area contributed by atoms with Crippen molar-refractivity contribution in [1.29, 1.82) is 0 Å². The summed E-state index contributed by atoms with van der Waals surface area (Å²) in [4.78, 5) is 165. The van der Waals surface area contributed by atoms with E-state index in [9.17, 15) is 88.5 Å². The van der Waals surface area contributed by atoms with E-state index in [0.29, 0.717) is 36.6 Å². The monoisotopic (exact) mass is 1220 g/mol. The number of nitrogens with one attached hydrogen (secondary N) is 6. The molecule has 0 saturated carbocycles. The lowest BCUT2D eigenvalue weighted by Gasteiger charge is -2.34. The highest BCUT2D eigenvalue weighted by molar-refractivity contribution is 6.00. The average molecular weight is 1220 g/mol. The number of fused-ring (bicyclic) bond motifs is 3. The van der Waals surface area contributed by atoms with Gasteiger partial charge in [0.15, 0.2) is 18.2 Å². The zero-order valence-electron chi connectivity index (χ0n) is 49.5. The van der Waals surface area contributed by atoms with Gasteiger partial charge in [0.25, 0.3) is 0 Å². The van der Waals surface area contributed by atoms with Gasteiger partial charge in [-0.05, 0) is 90.5 Å². The summed E-state index contributed by atoms with van der Waals surface area (Å²) in [6, 6.07) is -12.9. The number of cyclic esters (lactones) is 1. The molecule has 0 spiro atoms. The Morgan fingerprint density at radius 1 is 0.628 bits per heavy atom. The molecule has 13 N–H and O–H groups in total. The molecule has 4 saturated heterocycles. The van der Waals surface area contributed by atoms with Gasteiger partial charge >= 0.3 is 17.9 Å². The fraction of sp³-hybridized carbons (Fsp3) is 0.732. The van der Waals surface area contributed by atoms with E-state index in [2.05, 4.69) is 50.4 Å². The number of carbonyl (C=O) groups is 11. The quantitative estimate of drug-likeness (QED) is 0.0443. The molecule has 5 rings (SSSR count). The number of carboxylic acid groups (broad SMARTS) is 2. The molecule has 30 heteroatoms. The van der Waals surface area contributed by atoms with Crippen LogP contribution in [0.15, 0.2) is 6.07 Å². The van der Waals surface area contributed by atoms with Crippen LogP contribution >= 0.6 is 0 Å². The molecule has 13 atom stereocenters. The van der Waals surface area contributed by atoms with E-state index in [0.717, 1.165) is 48.8 Å². The topological polar surface area (TPSA) is 446 Å². The van der Waals surface area contributed by atoms with E-state index in [1.54, 1.807) is 19.9 Å². The summed E-state index contributed by atoms with van der Waals surface area (Å²) in [5.74, 6) is -13.7. The van der Waals surface area contributed by atoms with Crippen LogP contribution in [-0.4, -0.2) is 237 Å². The number of aliphatic hydroxyl groups is 5. The number of carbonyl (C=O) groups excluding carboxylic acids is 9. The number of nitrogens with zero attached hydrogens (tertiary/aromatic N) is 5. The van der Waals surface area contributed by atoms with Crippen molar-refractivity contribution in [1.82, 2.24) is 51.3 Å². The summed E-state index contributed by atoms with van der Waals surface area (Å²) in [6.45, 7) is 7.48. The van der Waals surface area contributed by atoms with Crippen molar-refractivity contribution in [3.8, 4) is 0 Å². The predicted octanol–water partition coefficient (Wildman–Crippen LogP) is -2.60. The Hall–Kier alpha value is -7.15. The number of aromatic nitrogens is 2. The molecule has 8 amide bonds. The lowest BCUT2D eigenvalue weighted by atomic mass is 10.0. The number of hydrogen-bond acceptors (Lipinski definition) is 20. The first-order valence-electron chi connectivity index (χ1n) is 29.7. The van der Waals surface area contributed by atoms with Crippen molar-refractivity contribution < 1.29 is 93.2 Å². The van der Waals surface area contributed by atoms with Gasteiger partial charge in [0, 0.05) is 37.6 Å². The Kier molecular flexibility index (Phi) is 26.8. The molecule has 0 aromatic carbocycles. The first-order valence-corrected chi connectivity index (χ1v) is 29.7. The highest BCUT2D eigenvalue weighted by Crippen LogP contribution is 2.27. The molecule has 4 aliphatic heterocycles. The minimum atomic E-state index is -2.77. The van der Waals surface area contributed by atoms with Crippen LogP contribution < -0.4 is 31.9 Å². The van der Waals surface area contributed by atoms with Crippen molar-refractivity contribution in [2.24, 2.45) is 5.92 Å². The maximum absolute atomic E-state index is 14.6. The SMILES string of the molecule is Cc1cc(C)nc(NCCCC2NC(=O)[C@@H]3CCCN3C(=O)[C@H]3CCCN3C(=O)C([C@H](C)O)NC(=O)[C@@H]([C@@H](O)C(=O)O)NC(=O)C[C@@H](CCCCCCCCCC(C)C)OC(=O)[C@H]([C@H](O)C(=O)O)NC(=O)[C@@H]3[C@@H](O)CCN3C(=O)[C@@H](CO)NC2=O)n1. The van der Waals surface area contributed by atoms with Crippen molar-refractivity contribution in [2.75, 3.05) is 38.1 Å². The Bertz CT molecular complexity index is 2560. The number of ether oxygens (including phenoxy) is 1. The van der Waals surface area contributed by atoms with E-state index in [1.165, 1.54) is 4.90 Å². The lowest BCUT2D eigenvalue weighted by molar-refractivity contribution is -0.165. The molecule has 0 radical (unpaired) electrons. The predicted molar refractivity (Wildman–Crippen MR) is 301 cm³/mol. The fourth-order valence-electron chi connectivity index (χ4n) is 11.2. The van der Waals surface area contributed by atoms with Gasteiger partial charge in [-0.15, -0.1) is 0 Å². The summed E-state index contributed by atoms with van der Waals surface area (Å²) in [5, 5.41) is 88.8. The molecular formula is C56H87N11O19. The standard InChI is InChI=1S/C56H87N11O19/c1-29(2)16-11-9-7-6-8-10-12-17-33-27-39(71)62-41(44(72)53(81)82)48(76)63-40(32(5)69)52(80)66-24-15-20-37(66)51(79)65-23-14-19-36(65)47(75)60-34(18-13-22-57-56-58-30(3)26-31(4)59-56)46(74)61-35(28-68)50(78)67-25-21-38(70)43(67)49(77)64-42(55(85)86-33)45(73)54(83)84/h26,29,32-38,40-45,68-70,72-73H,6-25,27-28H2,1-5H3,(H,60,75)(H,61,74)(H,62,71)(H,63,76)(H,64,77)(H,81,82)(H,83,84)(H,57,58,59)/t32-,33+,34?,35+,36-,37+,38-,40?,41+,42-,43-,44+,45-/m0/s1. The van der Waals surface area contributed by atoms with Gasteiger partial charge in [0.2, 0.25) is 53.2 Å². The lowest BCUT2D eigenvalue weighted by Crippen LogP contribution is -2.63. The van der Waals surface area contributed by atoms with Crippen molar-refractivity contribution in [3.63, 3.8) is 0 Å². The number of hydrogen-bond donors (Lipinski definition) is 13. The summed E-state index contributed by atoms with van der Waals surface area (Å²) in [6.07, 6.45) is -4.86. The third kappa shape index (κ3) is 19.4. The molecular weight excluding hydrogens is 1130 g/mol. The number of esters is 1. The molecule has 0 bridgehead atoms. The molecule has 2 unspecified atom stereocenters. The van der Waals surface area contributed by atoms with Crippen LogP contribution in [0.4, 0.5) is 5.95 Å². The van der Waals surface area contributed by atoms with Crippen LogP contribution in [0.2, 0.25) is 0 Å². The van der Waals surface area contributed by atoms with Crippen LogP contribution in [0.5, 0.6) is 0 Å². The number of rotatable bonds is 21. The number of unbranched alkanes of at least 4 members (excludes halogenated alkanes) is 6. The third-order valence-corrected chi connectivity index (χ3v) is 15.8. The van der Waals surface area contributed by atoms with E-state index in [-0.39, 0.29) is 76.9 Å². The van der Waals surface area contributed by atoms with Crippen LogP contribution in [-0.2, 0) is 57.5 Å². The molecule has 86 heavy (non-hydrogen) atoms. The Morgan fingerprint density at radius 3 is 1.80 bits per heavy atom. The smallest absolute Gasteiger partial charge is 0.335 e. The number of aryl methyl sites for hydroxylation is 2. The molecule has 4 aliphatic rings. The number of carboxylic acids is 2. The van der Waals surface area contributed by atoms with Gasteiger partial charge in [-0.25, -0.2) is 24.4 Å². The van der Waals surface area contributed by atoms with Gasteiger partial charge in [-0.2, -0.15) is 0 Å². The summed E-state index contributed by atoms with van der Waals surface area (Å²) in [7, 11) is 0. The van der Waals surface area contributed by atoms with Gasteiger partial charge in [0.1, 0.15) is 48.4 Å². The second-order valence-corrected chi connectivity index (χ2v) is 23.1. The molecule has 480 valence electrons. The molecule has 1 aromatic heterocycles. The Morgan fingerprint density at radius 2 is 1.20 bits per heavy atom. The van der Waals surface area contributed by atoms with E-state index in [4.69, 9.17) is 4.74 Å². The summed E-state index contributed by atoms with van der Waals surface area (Å²) in [5.41, 5.74) is 1.34. The fourth-order valence-corrected chi connectivity index (χ4v) is 11.2. The minimum Gasteiger partial charge on any atom is -0.479 e. The van der Waals surface area contributed by atoms with Crippen LogP contribution in [0.3, 0.4) is 0 Å². The second kappa shape index (κ2) is 33.1. The van der Waals surface area contributed by atoms with E-state index < -0.39 is 164 Å². The summed E-state index contributed by atoms with van der Waals surface area (Å²) < 4.78 is 5.62. The van der Waals surface area contributed by atoms with Gasteiger partial charge < -0.3 is 87.1 Å². The van der Waals surface area contributed by atoms with E-state index >= 15 is 0 Å². The first kappa shape index (κ1) is 69.6. The Balaban J connectivity index is 1.52. The largest absolute Gasteiger partial charge is 0.479 e.